The number of hydrogen-bond donors (Lipinski definition) is 2. The number of rotatable bonds is 5. The summed E-state index contributed by atoms with van der Waals surface area (Å²) in [5.41, 5.74) is 4.16. The summed E-state index contributed by atoms with van der Waals surface area (Å²) in [6.45, 7) is 6.94. The predicted octanol–water partition coefficient (Wildman–Crippen LogP) is 3.12. The average Bonchev–Trinajstić information content (AvgIpc) is 3.53. The molecular weight excluding hydrogens is 436 g/mol. The number of ether oxygens (including phenoxy) is 2. The maximum absolute atomic E-state index is 12.4. The van der Waals surface area contributed by atoms with Gasteiger partial charge in [0.1, 0.15) is 0 Å². The van der Waals surface area contributed by atoms with Crippen LogP contribution in [-0.2, 0) is 22.6 Å². The molecule has 10 nitrogen and oxygen atoms in total. The zero-order valence-electron chi connectivity index (χ0n) is 19.5. The summed E-state index contributed by atoms with van der Waals surface area (Å²) in [5.74, 6) is 0.640. The quantitative estimate of drug-likeness (QED) is 0.697. The molecule has 0 radical (unpaired) electrons. The fourth-order valence-corrected chi connectivity index (χ4v) is 4.27. The van der Waals surface area contributed by atoms with Crippen molar-refractivity contribution in [2.75, 3.05) is 36.6 Å². The van der Waals surface area contributed by atoms with Gasteiger partial charge in [0.25, 0.3) is 0 Å². The largest absolute Gasteiger partial charge is 0.450 e. The summed E-state index contributed by atoms with van der Waals surface area (Å²) in [7, 11) is 0. The third-order valence-corrected chi connectivity index (χ3v) is 6.25. The Labute approximate surface area is 198 Å². The molecule has 0 spiro atoms. The molecule has 2 fully saturated rings. The number of urea groups is 1. The Kier molecular flexibility index (Phi) is 6.23. The van der Waals surface area contributed by atoms with E-state index in [0.29, 0.717) is 57.1 Å². The highest BCUT2D eigenvalue weighted by molar-refractivity contribution is 5.90. The fraction of sp³-hybridized carbons (Fsp3) is 0.500. The lowest BCUT2D eigenvalue weighted by molar-refractivity contribution is 0.0980. The van der Waals surface area contributed by atoms with Crippen LogP contribution in [0.5, 0.6) is 0 Å². The van der Waals surface area contributed by atoms with Crippen LogP contribution in [0.2, 0.25) is 0 Å². The minimum atomic E-state index is -0.353. The van der Waals surface area contributed by atoms with Crippen LogP contribution >= 0.6 is 0 Å². The number of carbonyl (C=O) groups excluding carboxylic acids is 2. The van der Waals surface area contributed by atoms with Gasteiger partial charge in [-0.3, -0.25) is 4.90 Å². The number of anilines is 2. The van der Waals surface area contributed by atoms with Gasteiger partial charge in [0, 0.05) is 29.4 Å². The minimum absolute atomic E-state index is 0.152. The Balaban J connectivity index is 1.44. The molecule has 1 aliphatic carbocycles. The van der Waals surface area contributed by atoms with Crippen LogP contribution in [0.1, 0.15) is 37.9 Å². The van der Waals surface area contributed by atoms with Crippen LogP contribution in [0.15, 0.2) is 24.3 Å². The first-order valence-electron chi connectivity index (χ1n) is 11.9. The second kappa shape index (κ2) is 9.46. The van der Waals surface area contributed by atoms with Crippen LogP contribution in [0.3, 0.4) is 0 Å². The summed E-state index contributed by atoms with van der Waals surface area (Å²) < 4.78 is 10.8. The van der Waals surface area contributed by atoms with Gasteiger partial charge in [0.05, 0.1) is 50.3 Å². The molecule has 2 N–H and O–H groups in total. The Bertz CT molecular complexity index is 1070. The first kappa shape index (κ1) is 22.4. The van der Waals surface area contributed by atoms with Gasteiger partial charge in [-0.1, -0.05) is 12.1 Å². The van der Waals surface area contributed by atoms with E-state index < -0.39 is 0 Å². The number of aromatic nitrogens is 2. The zero-order chi connectivity index (χ0) is 23.7. The van der Waals surface area contributed by atoms with Crippen LogP contribution in [0.4, 0.5) is 21.2 Å². The molecule has 5 rings (SSSR count). The van der Waals surface area contributed by atoms with E-state index in [9.17, 15) is 9.59 Å². The zero-order valence-corrected chi connectivity index (χ0v) is 19.5. The standard InChI is InChI=1S/C24H30N6O4/c1-3-34-24(32)29-12-19-20(13-29)27-22(30-10-11-33-14-15(30)2)28-21(19)16-4-6-17(7-5-16)25-23(31)26-18-8-9-18/h4-7,15,18H,3,8-14H2,1-2H3,(H2,25,26,31)/t15-/m0/s1. The minimum Gasteiger partial charge on any atom is -0.450 e. The first-order valence-corrected chi connectivity index (χ1v) is 11.9. The van der Waals surface area contributed by atoms with Crippen molar-refractivity contribution in [1.29, 1.82) is 0 Å². The van der Waals surface area contributed by atoms with Crippen molar-refractivity contribution in [3.05, 3.63) is 35.5 Å². The topological polar surface area (TPSA) is 109 Å². The summed E-state index contributed by atoms with van der Waals surface area (Å²) in [4.78, 5) is 38.1. The monoisotopic (exact) mass is 466 g/mol. The highest BCUT2D eigenvalue weighted by Crippen LogP contribution is 2.34. The van der Waals surface area contributed by atoms with Gasteiger partial charge in [0.2, 0.25) is 5.95 Å². The number of benzene rings is 1. The molecule has 34 heavy (non-hydrogen) atoms. The van der Waals surface area contributed by atoms with E-state index in [1.807, 2.05) is 24.3 Å². The number of morpholine rings is 1. The maximum atomic E-state index is 12.4. The normalized spacial score (nSPS) is 19.5. The molecule has 10 heteroatoms. The highest BCUT2D eigenvalue weighted by atomic mass is 16.6. The fourth-order valence-electron chi connectivity index (χ4n) is 4.27. The molecule has 180 valence electrons. The molecule has 1 atom stereocenters. The van der Waals surface area contributed by atoms with Crippen molar-refractivity contribution in [2.45, 2.75) is 51.9 Å². The molecule has 1 saturated carbocycles. The third-order valence-electron chi connectivity index (χ3n) is 6.25. The smallest absolute Gasteiger partial charge is 0.410 e. The van der Waals surface area contributed by atoms with E-state index in [2.05, 4.69) is 22.5 Å². The molecule has 3 aliphatic rings. The van der Waals surface area contributed by atoms with Crippen molar-refractivity contribution < 1.29 is 19.1 Å². The number of amides is 3. The Morgan fingerprint density at radius 1 is 1.18 bits per heavy atom. The van der Waals surface area contributed by atoms with E-state index in [1.165, 1.54) is 0 Å². The Hall–Kier alpha value is -3.40. The number of nitrogens with one attached hydrogen (secondary N) is 2. The molecular formula is C24H30N6O4. The molecule has 3 amide bonds. The molecule has 3 heterocycles. The van der Waals surface area contributed by atoms with Gasteiger partial charge in [-0.05, 0) is 38.8 Å². The van der Waals surface area contributed by atoms with Crippen molar-refractivity contribution in [1.82, 2.24) is 20.2 Å². The van der Waals surface area contributed by atoms with Crippen LogP contribution in [-0.4, -0.2) is 65.4 Å². The second-order valence-corrected chi connectivity index (χ2v) is 8.92. The van der Waals surface area contributed by atoms with Gasteiger partial charge >= 0.3 is 12.1 Å². The van der Waals surface area contributed by atoms with Crippen molar-refractivity contribution >= 4 is 23.8 Å². The lowest BCUT2D eigenvalue weighted by Gasteiger charge is -2.33. The SMILES string of the molecule is CCOC(=O)N1Cc2nc(N3CCOC[C@@H]3C)nc(-c3ccc(NC(=O)NC4CC4)cc3)c2C1. The number of carbonyl (C=O) groups is 2. The van der Waals surface area contributed by atoms with Crippen LogP contribution in [0, 0.1) is 0 Å². The van der Waals surface area contributed by atoms with E-state index in [1.54, 1.807) is 11.8 Å². The maximum Gasteiger partial charge on any atom is 0.410 e. The highest BCUT2D eigenvalue weighted by Gasteiger charge is 2.32. The van der Waals surface area contributed by atoms with Gasteiger partial charge in [-0.15, -0.1) is 0 Å². The number of hydrogen-bond acceptors (Lipinski definition) is 7. The van der Waals surface area contributed by atoms with E-state index in [-0.39, 0.29) is 18.2 Å². The van der Waals surface area contributed by atoms with Gasteiger partial charge in [-0.25, -0.2) is 19.6 Å². The first-order chi connectivity index (χ1) is 16.5. The van der Waals surface area contributed by atoms with E-state index in [4.69, 9.17) is 19.4 Å². The van der Waals surface area contributed by atoms with Crippen LogP contribution < -0.4 is 15.5 Å². The molecule has 0 bridgehead atoms. The second-order valence-electron chi connectivity index (χ2n) is 8.92. The summed E-state index contributed by atoms with van der Waals surface area (Å²) >= 11 is 0. The van der Waals surface area contributed by atoms with Gasteiger partial charge in [0.15, 0.2) is 0 Å². The molecule has 0 unspecified atom stereocenters. The van der Waals surface area contributed by atoms with Gasteiger partial charge < -0.3 is 25.0 Å². The third kappa shape index (κ3) is 4.77. The molecule has 2 aliphatic heterocycles. The predicted molar refractivity (Wildman–Crippen MR) is 127 cm³/mol. The van der Waals surface area contributed by atoms with Crippen molar-refractivity contribution in [2.24, 2.45) is 0 Å². The lowest BCUT2D eigenvalue weighted by Crippen LogP contribution is -2.44. The average molecular weight is 467 g/mol. The van der Waals surface area contributed by atoms with E-state index in [0.717, 1.165) is 35.4 Å². The Morgan fingerprint density at radius 3 is 2.68 bits per heavy atom. The molecule has 1 aromatic heterocycles. The number of fused-ring (bicyclic) bond motifs is 1. The van der Waals surface area contributed by atoms with Crippen LogP contribution in [0.25, 0.3) is 11.3 Å². The molecule has 2 aromatic rings. The molecule has 1 saturated heterocycles. The summed E-state index contributed by atoms with van der Waals surface area (Å²) in [6, 6.07) is 7.87. The molecule has 1 aromatic carbocycles. The summed E-state index contributed by atoms with van der Waals surface area (Å²) in [6.07, 6.45) is 1.73. The van der Waals surface area contributed by atoms with Crippen molar-refractivity contribution in [3.63, 3.8) is 0 Å². The summed E-state index contributed by atoms with van der Waals surface area (Å²) in [5, 5.41) is 5.80. The Morgan fingerprint density at radius 2 is 1.97 bits per heavy atom. The number of nitrogens with zero attached hydrogens (tertiary/aromatic N) is 4. The lowest BCUT2D eigenvalue weighted by atomic mass is 10.1. The van der Waals surface area contributed by atoms with E-state index >= 15 is 0 Å². The van der Waals surface area contributed by atoms with Gasteiger partial charge in [-0.2, -0.15) is 0 Å². The van der Waals surface area contributed by atoms with Crippen molar-refractivity contribution in [3.8, 4) is 11.3 Å².